The highest BCUT2D eigenvalue weighted by Crippen LogP contribution is 2.25. The van der Waals surface area contributed by atoms with Gasteiger partial charge < -0.3 is 5.11 Å². The Morgan fingerprint density at radius 1 is 1.22 bits per heavy atom. The first-order chi connectivity index (χ1) is 8.48. The number of rotatable bonds is 2. The zero-order valence-corrected chi connectivity index (χ0v) is 12.0. The van der Waals surface area contributed by atoms with Crippen molar-refractivity contribution in [2.75, 3.05) is 24.6 Å². The molecule has 1 saturated heterocycles. The van der Waals surface area contributed by atoms with Gasteiger partial charge in [-0.25, -0.2) is 8.42 Å². The summed E-state index contributed by atoms with van der Waals surface area (Å²) in [6, 6.07) is 0.0965. The summed E-state index contributed by atoms with van der Waals surface area (Å²) in [6.07, 6.45) is 5.34. The molecular formula is C13H25NO3S. The fraction of sp³-hybridized carbons (Fsp3) is 1.00. The summed E-state index contributed by atoms with van der Waals surface area (Å²) < 4.78 is 23.1. The van der Waals surface area contributed by atoms with Crippen molar-refractivity contribution in [1.29, 1.82) is 0 Å². The lowest BCUT2D eigenvalue weighted by Gasteiger charge is -2.36. The standard InChI is InChI=1S/C13H25NO3S/c1-11-10-18(16,17)8-7-14(11)9-12-5-3-2-4-6-13(12)15/h11-13,15H,2-10H2,1H3. The molecule has 18 heavy (non-hydrogen) atoms. The van der Waals surface area contributed by atoms with Crippen LogP contribution in [0.2, 0.25) is 0 Å². The van der Waals surface area contributed by atoms with Gasteiger partial charge in [-0.15, -0.1) is 0 Å². The molecule has 5 heteroatoms. The molecule has 1 aliphatic heterocycles. The zero-order valence-electron chi connectivity index (χ0n) is 11.2. The molecule has 1 heterocycles. The van der Waals surface area contributed by atoms with Crippen molar-refractivity contribution in [2.45, 2.75) is 51.2 Å². The molecular weight excluding hydrogens is 250 g/mol. The monoisotopic (exact) mass is 275 g/mol. The van der Waals surface area contributed by atoms with E-state index in [1.807, 2.05) is 6.92 Å². The van der Waals surface area contributed by atoms with E-state index in [2.05, 4.69) is 4.90 Å². The molecule has 106 valence electrons. The van der Waals surface area contributed by atoms with E-state index in [1.54, 1.807) is 0 Å². The van der Waals surface area contributed by atoms with Crippen LogP contribution in [0.25, 0.3) is 0 Å². The summed E-state index contributed by atoms with van der Waals surface area (Å²) in [6.45, 7) is 3.48. The lowest BCUT2D eigenvalue weighted by atomic mass is 9.96. The summed E-state index contributed by atoms with van der Waals surface area (Å²) in [5.41, 5.74) is 0. The van der Waals surface area contributed by atoms with E-state index in [4.69, 9.17) is 0 Å². The van der Waals surface area contributed by atoms with Crippen LogP contribution in [-0.2, 0) is 9.84 Å². The average molecular weight is 275 g/mol. The number of hydrogen-bond acceptors (Lipinski definition) is 4. The lowest BCUT2D eigenvalue weighted by Crippen LogP contribution is -2.49. The molecule has 0 amide bonds. The molecule has 0 radical (unpaired) electrons. The third kappa shape index (κ3) is 3.68. The van der Waals surface area contributed by atoms with Crippen LogP contribution in [0.4, 0.5) is 0 Å². The Morgan fingerprint density at radius 3 is 2.67 bits per heavy atom. The average Bonchev–Trinajstić information content (AvgIpc) is 2.47. The molecule has 1 N–H and O–H groups in total. The van der Waals surface area contributed by atoms with Crippen LogP contribution in [0.1, 0.15) is 39.0 Å². The predicted octanol–water partition coefficient (Wildman–Crippen LogP) is 1.05. The van der Waals surface area contributed by atoms with E-state index in [-0.39, 0.29) is 23.7 Å². The van der Waals surface area contributed by atoms with E-state index in [1.165, 1.54) is 12.8 Å². The number of hydrogen-bond donors (Lipinski definition) is 1. The van der Waals surface area contributed by atoms with Gasteiger partial charge in [-0.3, -0.25) is 4.90 Å². The Bertz CT molecular complexity index is 368. The fourth-order valence-corrected chi connectivity index (χ4v) is 4.81. The predicted molar refractivity (Wildman–Crippen MR) is 72.3 cm³/mol. The first-order valence-electron chi connectivity index (χ1n) is 7.10. The van der Waals surface area contributed by atoms with Crippen molar-refractivity contribution in [3.63, 3.8) is 0 Å². The van der Waals surface area contributed by atoms with Crippen LogP contribution >= 0.6 is 0 Å². The third-order valence-electron chi connectivity index (χ3n) is 4.40. The van der Waals surface area contributed by atoms with Gasteiger partial charge in [0.25, 0.3) is 0 Å². The van der Waals surface area contributed by atoms with Crippen molar-refractivity contribution >= 4 is 9.84 Å². The minimum atomic E-state index is -2.83. The van der Waals surface area contributed by atoms with Crippen molar-refractivity contribution in [3.8, 4) is 0 Å². The topological polar surface area (TPSA) is 57.6 Å². The second kappa shape index (κ2) is 5.88. The Hall–Kier alpha value is -0.130. The highest BCUT2D eigenvalue weighted by atomic mass is 32.2. The lowest BCUT2D eigenvalue weighted by molar-refractivity contribution is 0.0659. The summed E-state index contributed by atoms with van der Waals surface area (Å²) in [4.78, 5) is 2.25. The molecule has 1 saturated carbocycles. The summed E-state index contributed by atoms with van der Waals surface area (Å²) in [5, 5.41) is 10.1. The molecule has 0 bridgehead atoms. The largest absolute Gasteiger partial charge is 0.393 e. The second-order valence-electron chi connectivity index (χ2n) is 5.92. The molecule has 3 unspecified atom stereocenters. The van der Waals surface area contributed by atoms with Gasteiger partial charge in [-0.1, -0.05) is 19.3 Å². The van der Waals surface area contributed by atoms with Crippen LogP contribution in [0.5, 0.6) is 0 Å². The first-order valence-corrected chi connectivity index (χ1v) is 8.92. The Balaban J connectivity index is 1.92. The Labute approximate surface area is 110 Å². The molecule has 1 aliphatic carbocycles. The van der Waals surface area contributed by atoms with Crippen LogP contribution in [0.3, 0.4) is 0 Å². The maximum Gasteiger partial charge on any atom is 0.153 e. The van der Waals surface area contributed by atoms with Crippen LogP contribution in [0, 0.1) is 5.92 Å². The second-order valence-corrected chi connectivity index (χ2v) is 8.15. The van der Waals surface area contributed by atoms with E-state index < -0.39 is 9.84 Å². The molecule has 2 rings (SSSR count). The van der Waals surface area contributed by atoms with E-state index in [0.717, 1.165) is 25.8 Å². The van der Waals surface area contributed by atoms with E-state index in [9.17, 15) is 13.5 Å². The van der Waals surface area contributed by atoms with E-state index >= 15 is 0 Å². The van der Waals surface area contributed by atoms with Crippen molar-refractivity contribution in [2.24, 2.45) is 5.92 Å². The van der Waals surface area contributed by atoms with Gasteiger partial charge in [0.2, 0.25) is 0 Å². The Kier molecular flexibility index (Phi) is 4.67. The minimum absolute atomic E-state index is 0.0965. The quantitative estimate of drug-likeness (QED) is 0.765. The van der Waals surface area contributed by atoms with Crippen molar-refractivity contribution in [1.82, 2.24) is 4.90 Å². The summed E-state index contributed by atoms with van der Waals surface area (Å²) in [7, 11) is -2.83. The number of aliphatic hydroxyl groups is 1. The molecule has 2 aliphatic rings. The molecule has 0 spiro atoms. The SMILES string of the molecule is CC1CS(=O)(=O)CCN1CC1CCCCCC1O. The number of sulfone groups is 1. The van der Waals surface area contributed by atoms with Gasteiger partial charge in [0, 0.05) is 19.1 Å². The highest BCUT2D eigenvalue weighted by Gasteiger charge is 2.31. The van der Waals surface area contributed by atoms with Crippen molar-refractivity contribution in [3.05, 3.63) is 0 Å². The molecule has 2 fully saturated rings. The maximum absolute atomic E-state index is 11.5. The fourth-order valence-electron chi connectivity index (χ4n) is 3.18. The number of aliphatic hydroxyl groups excluding tert-OH is 1. The highest BCUT2D eigenvalue weighted by molar-refractivity contribution is 7.91. The van der Waals surface area contributed by atoms with Crippen LogP contribution in [0.15, 0.2) is 0 Å². The summed E-state index contributed by atoms with van der Waals surface area (Å²) >= 11 is 0. The van der Waals surface area contributed by atoms with Gasteiger partial charge in [-0.2, -0.15) is 0 Å². The number of nitrogens with zero attached hydrogens (tertiary/aromatic N) is 1. The van der Waals surface area contributed by atoms with Crippen molar-refractivity contribution < 1.29 is 13.5 Å². The van der Waals surface area contributed by atoms with Gasteiger partial charge in [0.15, 0.2) is 9.84 Å². The molecule has 4 nitrogen and oxygen atoms in total. The van der Waals surface area contributed by atoms with Gasteiger partial charge >= 0.3 is 0 Å². The zero-order chi connectivity index (χ0) is 13.2. The third-order valence-corrected chi connectivity index (χ3v) is 6.19. The molecule has 0 aromatic heterocycles. The molecule has 0 aromatic rings. The molecule has 3 atom stereocenters. The maximum atomic E-state index is 11.5. The normalized spacial score (nSPS) is 38.2. The Morgan fingerprint density at radius 2 is 1.94 bits per heavy atom. The summed E-state index contributed by atoms with van der Waals surface area (Å²) in [5.74, 6) is 0.881. The van der Waals surface area contributed by atoms with Gasteiger partial charge in [-0.05, 0) is 25.7 Å². The van der Waals surface area contributed by atoms with Gasteiger partial charge in [0.05, 0.1) is 17.6 Å². The van der Waals surface area contributed by atoms with E-state index in [0.29, 0.717) is 12.5 Å². The molecule has 0 aromatic carbocycles. The minimum Gasteiger partial charge on any atom is -0.393 e. The van der Waals surface area contributed by atoms with Crippen LogP contribution in [-0.4, -0.2) is 55.2 Å². The van der Waals surface area contributed by atoms with Gasteiger partial charge in [0.1, 0.15) is 0 Å². The first kappa shape index (κ1) is 14.3. The smallest absolute Gasteiger partial charge is 0.153 e. The van der Waals surface area contributed by atoms with Crippen LogP contribution < -0.4 is 0 Å².